The van der Waals surface area contributed by atoms with Crippen LogP contribution in [-0.2, 0) is 33.3 Å². The van der Waals surface area contributed by atoms with Crippen molar-refractivity contribution in [2.75, 3.05) is 6.61 Å². The van der Waals surface area contributed by atoms with Gasteiger partial charge in [-0.1, -0.05) is 46.3 Å². The Morgan fingerprint density at radius 2 is 1.54 bits per heavy atom. The fourth-order valence-electron chi connectivity index (χ4n) is 13.5. The molecule has 16 nitrogen and oxygen atoms in total. The fraction of sp³-hybridized carbons (Fsp3) is 0.878. The van der Waals surface area contributed by atoms with Crippen LogP contribution in [0.25, 0.3) is 0 Å². The first-order valence-electron chi connectivity index (χ1n) is 20.6. The minimum absolute atomic E-state index is 0.0461. The zero-order chi connectivity index (χ0) is 41.8. The Bertz CT molecular complexity index is 1610. The van der Waals surface area contributed by atoms with E-state index in [1.807, 2.05) is 0 Å². The highest BCUT2D eigenvalue weighted by molar-refractivity contribution is 5.77. The maximum Gasteiger partial charge on any atom is 0.335 e. The van der Waals surface area contributed by atoms with Gasteiger partial charge in [0, 0.05) is 0 Å². The lowest BCUT2D eigenvalue weighted by Gasteiger charge is -2.71. The van der Waals surface area contributed by atoms with Gasteiger partial charge in [0.15, 0.2) is 18.7 Å². The molecular weight excluding hydrogens is 748 g/mol. The number of rotatable bonds is 8. The third kappa shape index (κ3) is 6.13. The number of allylic oxidation sites excluding steroid dienone is 2. The Balaban J connectivity index is 1.18. The molecule has 0 spiro atoms. The van der Waals surface area contributed by atoms with Crippen LogP contribution in [-0.4, -0.2) is 144 Å². The number of hydrogen-bond acceptors (Lipinski definition) is 14. The number of carboxylic acids is 2. The molecule has 14 unspecified atom stereocenters. The maximum absolute atomic E-state index is 13.5. The Labute approximate surface area is 332 Å². The highest BCUT2D eigenvalue weighted by Crippen LogP contribution is 2.75. The number of carbonyl (C=O) groups is 3. The zero-order valence-corrected chi connectivity index (χ0v) is 33.3. The quantitative estimate of drug-likeness (QED) is 0.0929. The van der Waals surface area contributed by atoms with Crippen molar-refractivity contribution in [2.24, 2.45) is 50.7 Å². The lowest BCUT2D eigenvalue weighted by molar-refractivity contribution is -0.373. The summed E-state index contributed by atoms with van der Waals surface area (Å²) in [7, 11) is 0. The molecule has 0 aromatic carbocycles. The monoisotopic (exact) mass is 810 g/mol. The van der Waals surface area contributed by atoms with Gasteiger partial charge in [0.1, 0.15) is 54.4 Å². The van der Waals surface area contributed by atoms with Crippen molar-refractivity contribution in [3.63, 3.8) is 0 Å². The number of aliphatic hydroxyl groups excluding tert-OH is 7. The van der Waals surface area contributed by atoms with Crippen molar-refractivity contribution >= 4 is 18.2 Å². The first-order chi connectivity index (χ1) is 26.7. The lowest BCUT2D eigenvalue weighted by atomic mass is 9.33. The van der Waals surface area contributed by atoms with Gasteiger partial charge >= 0.3 is 11.9 Å². The highest BCUT2D eigenvalue weighted by Gasteiger charge is 2.71. The van der Waals surface area contributed by atoms with Crippen LogP contribution in [0.1, 0.15) is 92.4 Å². The molecule has 9 N–H and O–H groups in total. The topological polar surface area (TPSA) is 270 Å². The van der Waals surface area contributed by atoms with E-state index in [1.165, 1.54) is 0 Å². The second-order valence-electron chi connectivity index (χ2n) is 19.5. The third-order valence-corrected chi connectivity index (χ3v) is 16.9. The molecule has 7 aliphatic rings. The second-order valence-corrected chi connectivity index (χ2v) is 19.5. The normalized spacial score (nSPS) is 54.9. The van der Waals surface area contributed by atoms with Crippen molar-refractivity contribution in [2.45, 2.75) is 166 Å². The van der Waals surface area contributed by atoms with E-state index in [2.05, 4.69) is 33.8 Å². The first kappa shape index (κ1) is 43.0. The van der Waals surface area contributed by atoms with Crippen molar-refractivity contribution in [1.82, 2.24) is 0 Å². The Morgan fingerprint density at radius 3 is 2.18 bits per heavy atom. The van der Waals surface area contributed by atoms with Crippen molar-refractivity contribution in [1.29, 1.82) is 0 Å². The molecule has 16 heteroatoms. The van der Waals surface area contributed by atoms with Crippen LogP contribution in [0.2, 0.25) is 0 Å². The van der Waals surface area contributed by atoms with Gasteiger partial charge in [-0.05, 0) is 97.7 Å². The molecule has 57 heavy (non-hydrogen) atoms. The van der Waals surface area contributed by atoms with Crippen molar-refractivity contribution in [3.8, 4) is 0 Å². The first-order valence-corrected chi connectivity index (χ1v) is 20.6. The van der Waals surface area contributed by atoms with Gasteiger partial charge in [-0.3, -0.25) is 4.79 Å². The molecule has 2 aliphatic heterocycles. The van der Waals surface area contributed by atoms with E-state index in [1.54, 1.807) is 6.92 Å². The zero-order valence-electron chi connectivity index (χ0n) is 33.3. The lowest BCUT2D eigenvalue weighted by Crippen LogP contribution is -2.68. The van der Waals surface area contributed by atoms with Gasteiger partial charge < -0.3 is 69.7 Å². The molecule has 0 bridgehead atoms. The minimum Gasteiger partial charge on any atom is -0.481 e. The highest BCUT2D eigenvalue weighted by atomic mass is 16.8. The number of aliphatic carboxylic acids is 2. The van der Waals surface area contributed by atoms with Gasteiger partial charge in [0.2, 0.25) is 0 Å². The summed E-state index contributed by atoms with van der Waals surface area (Å²) in [6.45, 7) is 9.86. The van der Waals surface area contributed by atoms with Crippen LogP contribution in [0.3, 0.4) is 0 Å². The molecule has 0 aromatic rings. The van der Waals surface area contributed by atoms with E-state index in [4.69, 9.17) is 18.9 Å². The SMILES string of the molecule is C[C@@H]1CC[C@]2(C(=O)O)C(O)CC3(C)C(=CCC4C5(C)CC[C@H](O[C@@H]6OC(C(=O)O)[C@@H](O)C(O)C6O[C@@H]6OC(CO)[C@H](O)C(O)C6O)C(C)(C=O)C5CCC43C)C2C1. The smallest absolute Gasteiger partial charge is 0.335 e. The van der Waals surface area contributed by atoms with Gasteiger partial charge in [0.05, 0.1) is 24.2 Å². The number of aliphatic hydroxyl groups is 7. The molecule has 0 aromatic heterocycles. The summed E-state index contributed by atoms with van der Waals surface area (Å²) in [6, 6.07) is 0. The van der Waals surface area contributed by atoms with E-state index in [-0.39, 0.29) is 23.2 Å². The summed E-state index contributed by atoms with van der Waals surface area (Å²) < 4.78 is 23.6. The molecule has 0 radical (unpaired) electrons. The number of ether oxygens (including phenoxy) is 4. The summed E-state index contributed by atoms with van der Waals surface area (Å²) >= 11 is 0. The van der Waals surface area contributed by atoms with E-state index in [0.717, 1.165) is 18.3 Å². The molecule has 322 valence electrons. The molecular formula is C41H62O16. The van der Waals surface area contributed by atoms with E-state index >= 15 is 0 Å². The Kier molecular flexibility index (Phi) is 11.2. The van der Waals surface area contributed by atoms with E-state index in [0.29, 0.717) is 57.3 Å². The average molecular weight is 811 g/mol. The largest absolute Gasteiger partial charge is 0.481 e. The number of fused-ring (bicyclic) bond motifs is 7. The fourth-order valence-corrected chi connectivity index (χ4v) is 13.5. The predicted molar refractivity (Wildman–Crippen MR) is 196 cm³/mol. The molecule has 2 saturated heterocycles. The van der Waals surface area contributed by atoms with Crippen LogP contribution >= 0.6 is 0 Å². The minimum atomic E-state index is -2.03. The van der Waals surface area contributed by atoms with Gasteiger partial charge in [-0.2, -0.15) is 0 Å². The Morgan fingerprint density at radius 1 is 0.842 bits per heavy atom. The summed E-state index contributed by atoms with van der Waals surface area (Å²) in [4.78, 5) is 38.7. The average Bonchev–Trinajstić information content (AvgIpc) is 3.15. The summed E-state index contributed by atoms with van der Waals surface area (Å²) in [5.41, 5.74) is -2.53. The number of carbonyl (C=O) groups excluding carboxylic acids is 1. The summed E-state index contributed by atoms with van der Waals surface area (Å²) in [5, 5.41) is 95.5. The van der Waals surface area contributed by atoms with E-state index < -0.39 is 114 Å². The van der Waals surface area contributed by atoms with Crippen LogP contribution in [0.15, 0.2) is 11.6 Å². The maximum atomic E-state index is 13.5. The standard InChI is InChI=1S/C41H62O16/c1-18-8-13-41(36(52)53)20(14-18)19-6-7-23-37(2)11-10-25(38(3,17-43)22(37)9-12-39(23,4)40(19,5)15-24(41)44)55-35-32(29(48)28(47)31(56-35)33(50)51)57-34-30(49)27(46)26(45)21(16-42)54-34/h6,17-18,20-32,34-35,42,44-49H,7-16H2,1-5H3,(H,50,51)(H,52,53)/t18-,20?,21?,22?,23?,24?,25+,26+,27?,28+,29?,30?,31?,32?,34+,35-,37?,38?,39?,40?,41-/m1/s1. The van der Waals surface area contributed by atoms with Crippen molar-refractivity contribution in [3.05, 3.63) is 11.6 Å². The Hall–Kier alpha value is -2.09. The van der Waals surface area contributed by atoms with Crippen LogP contribution in [0, 0.1) is 50.7 Å². The van der Waals surface area contributed by atoms with E-state index in [9.17, 15) is 60.3 Å². The van der Waals surface area contributed by atoms with Crippen LogP contribution < -0.4 is 0 Å². The number of carboxylic acid groups (broad SMARTS) is 2. The van der Waals surface area contributed by atoms with Gasteiger partial charge in [0.25, 0.3) is 0 Å². The third-order valence-electron chi connectivity index (χ3n) is 16.9. The summed E-state index contributed by atoms with van der Waals surface area (Å²) in [6.07, 6.45) is -11.8. The van der Waals surface area contributed by atoms with Crippen LogP contribution in [0.5, 0.6) is 0 Å². The van der Waals surface area contributed by atoms with Gasteiger partial charge in [-0.15, -0.1) is 0 Å². The predicted octanol–water partition coefficient (Wildman–Crippen LogP) is 0.734. The number of hydrogen-bond donors (Lipinski definition) is 9. The number of aldehydes is 1. The molecule has 21 atom stereocenters. The molecule has 6 fully saturated rings. The molecule has 5 aliphatic carbocycles. The van der Waals surface area contributed by atoms with Crippen LogP contribution in [0.4, 0.5) is 0 Å². The van der Waals surface area contributed by atoms with Crippen molar-refractivity contribution < 1.29 is 79.3 Å². The molecule has 0 amide bonds. The molecule has 7 rings (SSSR count). The second kappa shape index (κ2) is 14.8. The summed E-state index contributed by atoms with van der Waals surface area (Å²) in [5.74, 6) is -2.69. The molecule has 4 saturated carbocycles. The molecule has 2 heterocycles. The van der Waals surface area contributed by atoms with Gasteiger partial charge in [-0.25, -0.2) is 4.79 Å².